The summed E-state index contributed by atoms with van der Waals surface area (Å²) in [6, 6.07) is 0. The Hall–Kier alpha value is -1.12. The Morgan fingerprint density at radius 3 is 2.82 bits per heavy atom. The SMILES string of the molecule is C/C=C/C1=C([N+](=O)[O-])CCC1. The minimum absolute atomic E-state index is 0.262. The first-order valence-corrected chi connectivity index (χ1v) is 3.75. The molecule has 0 saturated heterocycles. The van der Waals surface area contributed by atoms with Crippen molar-refractivity contribution in [2.45, 2.75) is 26.2 Å². The molecule has 0 fully saturated rings. The molecule has 11 heavy (non-hydrogen) atoms. The summed E-state index contributed by atoms with van der Waals surface area (Å²) in [5, 5.41) is 10.4. The van der Waals surface area contributed by atoms with E-state index in [-0.39, 0.29) is 4.92 Å². The zero-order valence-corrected chi connectivity index (χ0v) is 6.54. The lowest BCUT2D eigenvalue weighted by Crippen LogP contribution is -1.96. The van der Waals surface area contributed by atoms with Crippen molar-refractivity contribution in [2.24, 2.45) is 0 Å². The zero-order valence-electron chi connectivity index (χ0n) is 6.54. The minimum Gasteiger partial charge on any atom is -0.259 e. The van der Waals surface area contributed by atoms with Crippen LogP contribution in [0.1, 0.15) is 26.2 Å². The van der Waals surface area contributed by atoms with Crippen LogP contribution >= 0.6 is 0 Å². The summed E-state index contributed by atoms with van der Waals surface area (Å²) >= 11 is 0. The van der Waals surface area contributed by atoms with E-state index in [0.29, 0.717) is 12.1 Å². The molecule has 3 nitrogen and oxygen atoms in total. The molecule has 0 amide bonds. The minimum atomic E-state index is -0.262. The van der Waals surface area contributed by atoms with Crippen LogP contribution < -0.4 is 0 Å². The molecule has 0 spiro atoms. The van der Waals surface area contributed by atoms with Crippen molar-refractivity contribution in [3.63, 3.8) is 0 Å². The van der Waals surface area contributed by atoms with Crippen LogP contribution in [0.5, 0.6) is 0 Å². The first kappa shape index (κ1) is 7.98. The lowest BCUT2D eigenvalue weighted by molar-refractivity contribution is -0.427. The molecule has 1 aliphatic rings. The van der Waals surface area contributed by atoms with Crippen LogP contribution in [0.15, 0.2) is 23.4 Å². The highest BCUT2D eigenvalue weighted by atomic mass is 16.6. The van der Waals surface area contributed by atoms with Gasteiger partial charge >= 0.3 is 0 Å². The topological polar surface area (TPSA) is 43.1 Å². The Bertz CT molecular complexity index is 228. The monoisotopic (exact) mass is 153 g/mol. The van der Waals surface area contributed by atoms with Gasteiger partial charge < -0.3 is 0 Å². The van der Waals surface area contributed by atoms with Gasteiger partial charge in [-0.15, -0.1) is 0 Å². The number of hydrogen-bond donors (Lipinski definition) is 0. The number of nitro groups is 1. The summed E-state index contributed by atoms with van der Waals surface area (Å²) in [4.78, 5) is 10.1. The van der Waals surface area contributed by atoms with E-state index in [9.17, 15) is 10.1 Å². The second-order valence-electron chi connectivity index (χ2n) is 2.58. The van der Waals surface area contributed by atoms with Gasteiger partial charge in [0.05, 0.1) is 4.92 Å². The summed E-state index contributed by atoms with van der Waals surface area (Å²) in [6.07, 6.45) is 6.11. The number of rotatable bonds is 2. The largest absolute Gasteiger partial charge is 0.259 e. The van der Waals surface area contributed by atoms with Gasteiger partial charge in [-0.05, 0) is 19.8 Å². The van der Waals surface area contributed by atoms with E-state index in [1.54, 1.807) is 0 Å². The molecular weight excluding hydrogens is 142 g/mol. The van der Waals surface area contributed by atoms with Gasteiger partial charge in [-0.2, -0.15) is 0 Å². The summed E-state index contributed by atoms with van der Waals surface area (Å²) in [7, 11) is 0. The molecule has 0 aromatic rings. The standard InChI is InChI=1S/C8H11NO2/c1-2-4-7-5-3-6-8(7)9(10)11/h2,4H,3,5-6H2,1H3/b4-2+. The quantitative estimate of drug-likeness (QED) is 0.451. The molecule has 1 rings (SSSR count). The molecule has 0 aromatic heterocycles. The second kappa shape index (κ2) is 3.32. The molecule has 0 saturated carbocycles. The molecule has 0 N–H and O–H groups in total. The van der Waals surface area contributed by atoms with Gasteiger partial charge in [0.15, 0.2) is 0 Å². The second-order valence-corrected chi connectivity index (χ2v) is 2.58. The lowest BCUT2D eigenvalue weighted by atomic mass is 10.2. The third-order valence-corrected chi connectivity index (χ3v) is 1.82. The molecule has 3 heteroatoms. The van der Waals surface area contributed by atoms with Gasteiger partial charge in [0.25, 0.3) is 0 Å². The normalized spacial score (nSPS) is 18.3. The molecule has 0 bridgehead atoms. The van der Waals surface area contributed by atoms with Crippen LogP contribution in [-0.4, -0.2) is 4.92 Å². The summed E-state index contributed by atoms with van der Waals surface area (Å²) < 4.78 is 0. The fraction of sp³-hybridized carbons (Fsp3) is 0.500. The Morgan fingerprint density at radius 2 is 2.27 bits per heavy atom. The highest BCUT2D eigenvalue weighted by Crippen LogP contribution is 2.26. The van der Waals surface area contributed by atoms with Gasteiger partial charge in [-0.25, -0.2) is 0 Å². The Morgan fingerprint density at radius 1 is 1.55 bits per heavy atom. The maximum absolute atomic E-state index is 10.4. The van der Waals surface area contributed by atoms with Crippen LogP contribution in [0.2, 0.25) is 0 Å². The molecule has 0 atom stereocenters. The van der Waals surface area contributed by atoms with Crippen LogP contribution in [0.3, 0.4) is 0 Å². The molecule has 0 unspecified atom stereocenters. The molecule has 0 aromatic carbocycles. The van der Waals surface area contributed by atoms with E-state index < -0.39 is 0 Å². The zero-order chi connectivity index (χ0) is 8.27. The van der Waals surface area contributed by atoms with Gasteiger partial charge in [-0.1, -0.05) is 12.2 Å². The van der Waals surface area contributed by atoms with Crippen molar-refractivity contribution in [3.05, 3.63) is 33.5 Å². The predicted octanol–water partition coefficient (Wildman–Crippen LogP) is 2.28. The summed E-state index contributed by atoms with van der Waals surface area (Å²) in [6.45, 7) is 1.88. The maximum atomic E-state index is 10.4. The number of hydrogen-bond acceptors (Lipinski definition) is 2. The lowest BCUT2D eigenvalue weighted by Gasteiger charge is -1.91. The predicted molar refractivity (Wildman–Crippen MR) is 42.7 cm³/mol. The number of nitrogens with zero attached hydrogens (tertiary/aromatic N) is 1. The molecule has 0 radical (unpaired) electrons. The highest BCUT2D eigenvalue weighted by molar-refractivity contribution is 5.25. The fourth-order valence-electron chi connectivity index (χ4n) is 1.34. The first-order valence-electron chi connectivity index (χ1n) is 3.75. The van der Waals surface area contributed by atoms with Gasteiger partial charge in [0.2, 0.25) is 5.70 Å². The Labute approximate surface area is 65.6 Å². The van der Waals surface area contributed by atoms with Crippen molar-refractivity contribution in [3.8, 4) is 0 Å². The molecule has 1 aliphatic carbocycles. The smallest absolute Gasteiger partial charge is 0.249 e. The highest BCUT2D eigenvalue weighted by Gasteiger charge is 2.21. The van der Waals surface area contributed by atoms with E-state index in [1.807, 2.05) is 19.1 Å². The Kier molecular flexibility index (Phi) is 2.41. The molecular formula is C8H11NO2. The van der Waals surface area contributed by atoms with Crippen molar-refractivity contribution >= 4 is 0 Å². The third-order valence-electron chi connectivity index (χ3n) is 1.82. The number of allylic oxidation sites excluding steroid dienone is 4. The summed E-state index contributed by atoms with van der Waals surface area (Å²) in [5.74, 6) is 0. The van der Waals surface area contributed by atoms with Crippen LogP contribution in [0.25, 0.3) is 0 Å². The van der Waals surface area contributed by atoms with Gasteiger partial charge in [0.1, 0.15) is 0 Å². The first-order chi connectivity index (χ1) is 5.25. The van der Waals surface area contributed by atoms with Gasteiger partial charge in [-0.3, -0.25) is 10.1 Å². The van der Waals surface area contributed by atoms with E-state index in [4.69, 9.17) is 0 Å². The molecule has 0 aliphatic heterocycles. The Balaban J connectivity index is 2.86. The maximum Gasteiger partial charge on any atom is 0.249 e. The van der Waals surface area contributed by atoms with Gasteiger partial charge in [0, 0.05) is 12.0 Å². The van der Waals surface area contributed by atoms with E-state index in [2.05, 4.69) is 0 Å². The average Bonchev–Trinajstić information content (AvgIpc) is 2.36. The van der Waals surface area contributed by atoms with Crippen molar-refractivity contribution in [1.29, 1.82) is 0 Å². The molecule has 0 heterocycles. The van der Waals surface area contributed by atoms with Crippen LogP contribution in [-0.2, 0) is 0 Å². The molecule has 60 valence electrons. The fourth-order valence-corrected chi connectivity index (χ4v) is 1.34. The van der Waals surface area contributed by atoms with E-state index >= 15 is 0 Å². The van der Waals surface area contributed by atoms with Crippen LogP contribution in [0.4, 0.5) is 0 Å². The van der Waals surface area contributed by atoms with Crippen molar-refractivity contribution < 1.29 is 4.92 Å². The van der Waals surface area contributed by atoms with E-state index in [0.717, 1.165) is 18.4 Å². The summed E-state index contributed by atoms with van der Waals surface area (Å²) in [5.41, 5.74) is 1.31. The van der Waals surface area contributed by atoms with Crippen LogP contribution in [0, 0.1) is 10.1 Å². The van der Waals surface area contributed by atoms with E-state index in [1.165, 1.54) is 0 Å². The van der Waals surface area contributed by atoms with Crippen molar-refractivity contribution in [2.75, 3.05) is 0 Å². The third kappa shape index (κ3) is 1.67. The average molecular weight is 153 g/mol. The van der Waals surface area contributed by atoms with Crippen molar-refractivity contribution in [1.82, 2.24) is 0 Å².